The minimum Gasteiger partial charge on any atom is -0.381 e. The maximum Gasteiger partial charge on any atom is 0.193 e. The fourth-order valence-corrected chi connectivity index (χ4v) is 3.11. The van der Waals surface area contributed by atoms with Gasteiger partial charge in [-0.05, 0) is 36.6 Å². The Kier molecular flexibility index (Phi) is 9.26. The third-order valence-corrected chi connectivity index (χ3v) is 4.67. The van der Waals surface area contributed by atoms with Crippen LogP contribution in [-0.4, -0.2) is 51.3 Å². The van der Waals surface area contributed by atoms with E-state index in [0.717, 1.165) is 51.5 Å². The van der Waals surface area contributed by atoms with Gasteiger partial charge in [0.1, 0.15) is 0 Å². The summed E-state index contributed by atoms with van der Waals surface area (Å²) < 4.78 is 5.39. The second-order valence-corrected chi connectivity index (χ2v) is 6.27. The van der Waals surface area contributed by atoms with Crippen LogP contribution in [0.4, 0.5) is 0 Å². The summed E-state index contributed by atoms with van der Waals surface area (Å²) in [4.78, 5) is 8.01. The Labute approximate surface area is 149 Å². The van der Waals surface area contributed by atoms with Crippen LogP contribution in [0, 0.1) is 5.92 Å². The molecule has 0 aromatic carbocycles. The summed E-state index contributed by atoms with van der Waals surface area (Å²) in [5.74, 6) is 1.71. The molecule has 0 saturated carbocycles. The van der Waals surface area contributed by atoms with E-state index in [-0.39, 0.29) is 24.0 Å². The first-order valence-corrected chi connectivity index (χ1v) is 8.19. The quantitative estimate of drug-likeness (QED) is 0.450. The SMILES string of the molecule is CN=C(NCC1CCOCC1)N(C)CCc1cccs1.I. The van der Waals surface area contributed by atoms with E-state index in [1.807, 2.05) is 18.4 Å². The Hall–Kier alpha value is -0.340. The summed E-state index contributed by atoms with van der Waals surface area (Å²) in [6, 6.07) is 4.30. The van der Waals surface area contributed by atoms with Gasteiger partial charge in [-0.2, -0.15) is 0 Å². The lowest BCUT2D eigenvalue weighted by molar-refractivity contribution is 0.0674. The highest BCUT2D eigenvalue weighted by Gasteiger charge is 2.15. The Bertz CT molecular complexity index is 405. The minimum absolute atomic E-state index is 0. The molecule has 0 spiro atoms. The third-order valence-electron chi connectivity index (χ3n) is 3.74. The molecule has 0 amide bonds. The van der Waals surface area contributed by atoms with E-state index in [9.17, 15) is 0 Å². The van der Waals surface area contributed by atoms with Gasteiger partial charge in [-0.1, -0.05) is 6.07 Å². The van der Waals surface area contributed by atoms with Crippen molar-refractivity contribution in [1.82, 2.24) is 10.2 Å². The Morgan fingerprint density at radius 1 is 1.48 bits per heavy atom. The van der Waals surface area contributed by atoms with E-state index < -0.39 is 0 Å². The normalized spacial score (nSPS) is 16.4. The van der Waals surface area contributed by atoms with Crippen LogP contribution in [0.5, 0.6) is 0 Å². The number of nitrogens with zero attached hydrogens (tertiary/aromatic N) is 2. The molecule has 1 aromatic heterocycles. The van der Waals surface area contributed by atoms with E-state index in [2.05, 4.69) is 39.8 Å². The number of aliphatic imine (C=N–C) groups is 1. The van der Waals surface area contributed by atoms with Crippen molar-refractivity contribution in [3.05, 3.63) is 22.4 Å². The number of nitrogens with one attached hydrogen (secondary N) is 1. The van der Waals surface area contributed by atoms with Gasteiger partial charge < -0.3 is 15.0 Å². The van der Waals surface area contributed by atoms with Gasteiger partial charge in [-0.15, -0.1) is 35.3 Å². The molecule has 4 nitrogen and oxygen atoms in total. The van der Waals surface area contributed by atoms with Gasteiger partial charge in [-0.3, -0.25) is 4.99 Å². The van der Waals surface area contributed by atoms with Crippen LogP contribution in [0.1, 0.15) is 17.7 Å². The van der Waals surface area contributed by atoms with Crippen molar-refractivity contribution in [2.24, 2.45) is 10.9 Å². The number of rotatable bonds is 5. The van der Waals surface area contributed by atoms with Crippen LogP contribution in [0.25, 0.3) is 0 Å². The highest BCUT2D eigenvalue weighted by molar-refractivity contribution is 14.0. The number of thiophene rings is 1. The number of halogens is 1. The molecule has 0 aliphatic carbocycles. The molecule has 6 heteroatoms. The molecule has 1 aliphatic rings. The van der Waals surface area contributed by atoms with Crippen LogP contribution >= 0.6 is 35.3 Å². The van der Waals surface area contributed by atoms with Crippen molar-refractivity contribution in [2.45, 2.75) is 19.3 Å². The van der Waals surface area contributed by atoms with Crippen LogP contribution in [0.15, 0.2) is 22.5 Å². The van der Waals surface area contributed by atoms with Gasteiger partial charge in [0.15, 0.2) is 5.96 Å². The summed E-state index contributed by atoms with van der Waals surface area (Å²) in [6.45, 7) is 3.80. The maximum absolute atomic E-state index is 5.39. The molecule has 2 heterocycles. The Morgan fingerprint density at radius 2 is 2.24 bits per heavy atom. The molecular weight excluding hydrogens is 397 g/mol. The molecule has 0 atom stereocenters. The predicted molar refractivity (Wildman–Crippen MR) is 101 cm³/mol. The molecule has 0 unspecified atom stereocenters. The molecular formula is C15H26IN3OS. The Morgan fingerprint density at radius 3 is 2.86 bits per heavy atom. The van der Waals surface area contributed by atoms with E-state index in [4.69, 9.17) is 4.74 Å². The van der Waals surface area contributed by atoms with Gasteiger partial charge in [0.2, 0.25) is 0 Å². The highest BCUT2D eigenvalue weighted by Crippen LogP contribution is 2.13. The Balaban J connectivity index is 0.00000220. The van der Waals surface area contributed by atoms with E-state index in [0.29, 0.717) is 5.92 Å². The maximum atomic E-state index is 5.39. The first kappa shape index (κ1) is 18.7. The first-order valence-electron chi connectivity index (χ1n) is 7.31. The van der Waals surface area contributed by atoms with E-state index >= 15 is 0 Å². The van der Waals surface area contributed by atoms with E-state index in [1.165, 1.54) is 4.88 Å². The molecule has 2 rings (SSSR count). The van der Waals surface area contributed by atoms with Crippen LogP contribution in [0.2, 0.25) is 0 Å². The average molecular weight is 423 g/mol. The second-order valence-electron chi connectivity index (χ2n) is 5.23. The summed E-state index contributed by atoms with van der Waals surface area (Å²) in [5, 5.41) is 5.63. The molecule has 1 fully saturated rings. The lowest BCUT2D eigenvalue weighted by Gasteiger charge is -2.26. The van der Waals surface area contributed by atoms with Crippen molar-refractivity contribution >= 4 is 41.3 Å². The number of ether oxygens (including phenoxy) is 1. The molecule has 1 aromatic rings. The molecule has 1 saturated heterocycles. The van der Waals surface area contributed by atoms with Gasteiger partial charge in [0.05, 0.1) is 0 Å². The summed E-state index contributed by atoms with van der Waals surface area (Å²) in [7, 11) is 3.96. The number of hydrogen-bond donors (Lipinski definition) is 1. The van der Waals surface area contributed by atoms with Gasteiger partial charge in [-0.25, -0.2) is 0 Å². The van der Waals surface area contributed by atoms with Gasteiger partial charge in [0, 0.05) is 45.3 Å². The van der Waals surface area contributed by atoms with Crippen molar-refractivity contribution in [1.29, 1.82) is 0 Å². The zero-order chi connectivity index (χ0) is 14.2. The van der Waals surface area contributed by atoms with Crippen molar-refractivity contribution in [3.8, 4) is 0 Å². The topological polar surface area (TPSA) is 36.9 Å². The van der Waals surface area contributed by atoms with Crippen LogP contribution < -0.4 is 5.32 Å². The average Bonchev–Trinajstić information content (AvgIpc) is 3.00. The van der Waals surface area contributed by atoms with Crippen molar-refractivity contribution in [2.75, 3.05) is 40.4 Å². The highest BCUT2D eigenvalue weighted by atomic mass is 127. The fourth-order valence-electron chi connectivity index (χ4n) is 2.41. The minimum atomic E-state index is 0. The molecule has 120 valence electrons. The monoisotopic (exact) mass is 423 g/mol. The zero-order valence-corrected chi connectivity index (χ0v) is 16.0. The van der Waals surface area contributed by atoms with Crippen molar-refractivity contribution in [3.63, 3.8) is 0 Å². The van der Waals surface area contributed by atoms with E-state index in [1.54, 1.807) is 0 Å². The fraction of sp³-hybridized carbons (Fsp3) is 0.667. The summed E-state index contributed by atoms with van der Waals surface area (Å²) in [5.41, 5.74) is 0. The molecule has 1 N–H and O–H groups in total. The summed E-state index contributed by atoms with van der Waals surface area (Å²) in [6.07, 6.45) is 3.39. The number of guanidine groups is 1. The molecule has 0 bridgehead atoms. The van der Waals surface area contributed by atoms with Crippen LogP contribution in [-0.2, 0) is 11.2 Å². The molecule has 0 radical (unpaired) electrons. The number of likely N-dealkylation sites (N-methyl/N-ethyl adjacent to an activating group) is 1. The predicted octanol–water partition coefficient (Wildman–Crippen LogP) is 2.84. The molecule has 1 aliphatic heterocycles. The smallest absolute Gasteiger partial charge is 0.193 e. The lowest BCUT2D eigenvalue weighted by atomic mass is 10.0. The largest absolute Gasteiger partial charge is 0.381 e. The molecule has 21 heavy (non-hydrogen) atoms. The van der Waals surface area contributed by atoms with Crippen molar-refractivity contribution < 1.29 is 4.74 Å². The number of hydrogen-bond acceptors (Lipinski definition) is 3. The second kappa shape index (κ2) is 10.4. The third kappa shape index (κ3) is 6.52. The van der Waals surface area contributed by atoms with Gasteiger partial charge >= 0.3 is 0 Å². The van der Waals surface area contributed by atoms with Gasteiger partial charge in [0.25, 0.3) is 0 Å². The summed E-state index contributed by atoms with van der Waals surface area (Å²) >= 11 is 1.82. The first-order chi connectivity index (χ1) is 9.79. The standard InChI is InChI=1S/C15H25N3OS.HI/c1-16-15(17-12-13-6-9-19-10-7-13)18(2)8-5-14-4-3-11-20-14;/h3-4,11,13H,5-10,12H2,1-2H3,(H,16,17);1H. The van der Waals surface area contributed by atoms with Crippen LogP contribution in [0.3, 0.4) is 0 Å². The lowest BCUT2D eigenvalue weighted by Crippen LogP contribution is -2.42. The zero-order valence-electron chi connectivity index (χ0n) is 12.9.